The molecule has 3 aromatic rings. The molecule has 2 aromatic carbocycles. The van der Waals surface area contributed by atoms with Crippen LogP contribution in [0.4, 0.5) is 0 Å². The molecule has 134 valence electrons. The number of benzene rings is 2. The molecule has 26 heavy (non-hydrogen) atoms. The molecule has 9 heteroatoms. The SMILES string of the molecule is COc1cccc(/C=N\n2cn[nH]c2=S)c1OCc1ccc(Cl)cc1Cl. The van der Waals surface area contributed by atoms with Gasteiger partial charge in [0.1, 0.15) is 12.9 Å². The van der Waals surface area contributed by atoms with Gasteiger partial charge in [0.15, 0.2) is 11.5 Å². The van der Waals surface area contributed by atoms with E-state index in [1.807, 2.05) is 18.2 Å². The number of halogens is 2. The molecule has 0 aliphatic carbocycles. The quantitative estimate of drug-likeness (QED) is 0.473. The summed E-state index contributed by atoms with van der Waals surface area (Å²) in [6.45, 7) is 0.252. The van der Waals surface area contributed by atoms with Gasteiger partial charge in [-0.25, -0.2) is 0 Å². The highest BCUT2D eigenvalue weighted by Crippen LogP contribution is 2.32. The van der Waals surface area contributed by atoms with Crippen LogP contribution in [0, 0.1) is 4.77 Å². The summed E-state index contributed by atoms with van der Waals surface area (Å²) in [5.41, 5.74) is 1.53. The lowest BCUT2D eigenvalue weighted by Crippen LogP contribution is -2.02. The summed E-state index contributed by atoms with van der Waals surface area (Å²) in [5, 5.41) is 11.8. The number of methoxy groups -OCH3 is 1. The molecule has 1 heterocycles. The van der Waals surface area contributed by atoms with E-state index in [4.69, 9.17) is 44.9 Å². The Bertz CT molecular complexity index is 1000. The normalized spacial score (nSPS) is 11.0. The Morgan fingerprint density at radius 3 is 2.85 bits per heavy atom. The van der Waals surface area contributed by atoms with Gasteiger partial charge in [-0.3, -0.25) is 5.10 Å². The number of hydrogen-bond donors (Lipinski definition) is 1. The minimum atomic E-state index is 0.252. The lowest BCUT2D eigenvalue weighted by Gasteiger charge is -2.14. The van der Waals surface area contributed by atoms with Crippen LogP contribution in [0.2, 0.25) is 10.0 Å². The first-order chi connectivity index (χ1) is 12.6. The Morgan fingerprint density at radius 2 is 2.15 bits per heavy atom. The summed E-state index contributed by atoms with van der Waals surface area (Å²) < 4.78 is 13.2. The number of hydrogen-bond acceptors (Lipinski definition) is 5. The van der Waals surface area contributed by atoms with Gasteiger partial charge in [0.2, 0.25) is 4.77 Å². The van der Waals surface area contributed by atoms with E-state index >= 15 is 0 Å². The molecule has 1 N–H and O–H groups in total. The first-order valence-electron chi connectivity index (χ1n) is 7.48. The van der Waals surface area contributed by atoms with Gasteiger partial charge in [-0.05, 0) is 36.5 Å². The van der Waals surface area contributed by atoms with E-state index in [0.717, 1.165) is 11.1 Å². The van der Waals surface area contributed by atoms with E-state index in [1.165, 1.54) is 11.0 Å². The van der Waals surface area contributed by atoms with Crippen LogP contribution in [0.3, 0.4) is 0 Å². The number of nitrogens with one attached hydrogen (secondary N) is 1. The van der Waals surface area contributed by atoms with Crippen LogP contribution in [-0.2, 0) is 6.61 Å². The van der Waals surface area contributed by atoms with Gasteiger partial charge in [0, 0.05) is 21.2 Å². The molecule has 0 radical (unpaired) electrons. The van der Waals surface area contributed by atoms with E-state index in [-0.39, 0.29) is 6.61 Å². The summed E-state index contributed by atoms with van der Waals surface area (Å²) in [5.74, 6) is 1.12. The average Bonchev–Trinajstić information content (AvgIpc) is 3.04. The topological polar surface area (TPSA) is 64.4 Å². The molecular weight excluding hydrogens is 395 g/mol. The number of aromatic amines is 1. The zero-order chi connectivity index (χ0) is 18.5. The molecule has 0 saturated heterocycles. The summed E-state index contributed by atoms with van der Waals surface area (Å²) in [4.78, 5) is 0. The van der Waals surface area contributed by atoms with E-state index in [2.05, 4.69) is 15.3 Å². The summed E-state index contributed by atoms with van der Waals surface area (Å²) in [7, 11) is 1.57. The standard InChI is InChI=1S/C17H14Cl2N4O2S/c1-24-15-4-2-3-11(8-21-23-10-20-22-17(23)26)16(15)25-9-12-5-6-13(18)7-14(12)19/h2-8,10H,9H2,1H3,(H,22,26)/b21-8-. The monoisotopic (exact) mass is 408 g/mol. The van der Waals surface area contributed by atoms with Gasteiger partial charge >= 0.3 is 0 Å². The van der Waals surface area contributed by atoms with Gasteiger partial charge in [-0.1, -0.05) is 35.3 Å². The van der Waals surface area contributed by atoms with E-state index in [1.54, 1.807) is 31.5 Å². The van der Waals surface area contributed by atoms with Crippen LogP contribution >= 0.6 is 35.4 Å². The van der Waals surface area contributed by atoms with Crippen molar-refractivity contribution < 1.29 is 9.47 Å². The molecule has 0 amide bonds. The second-order valence-electron chi connectivity index (χ2n) is 5.15. The number of aromatic nitrogens is 3. The maximum Gasteiger partial charge on any atom is 0.216 e. The Balaban J connectivity index is 1.88. The van der Waals surface area contributed by atoms with Crippen molar-refractivity contribution in [3.05, 3.63) is 68.7 Å². The number of nitrogens with zero attached hydrogens (tertiary/aromatic N) is 3. The van der Waals surface area contributed by atoms with Crippen LogP contribution in [0.5, 0.6) is 11.5 Å². The maximum absolute atomic E-state index is 6.21. The van der Waals surface area contributed by atoms with Crippen molar-refractivity contribution in [3.63, 3.8) is 0 Å². The lowest BCUT2D eigenvalue weighted by molar-refractivity contribution is 0.284. The second kappa shape index (κ2) is 8.35. The number of para-hydroxylation sites is 1. The minimum Gasteiger partial charge on any atom is -0.493 e. The first kappa shape index (κ1) is 18.4. The zero-order valence-corrected chi connectivity index (χ0v) is 16.0. The third-order valence-electron chi connectivity index (χ3n) is 3.47. The zero-order valence-electron chi connectivity index (χ0n) is 13.6. The molecule has 0 unspecified atom stereocenters. The molecule has 0 aliphatic heterocycles. The molecule has 0 bridgehead atoms. The van der Waals surface area contributed by atoms with Gasteiger partial charge < -0.3 is 9.47 Å². The third kappa shape index (κ3) is 4.24. The molecule has 0 fully saturated rings. The van der Waals surface area contributed by atoms with E-state index in [9.17, 15) is 0 Å². The second-order valence-corrected chi connectivity index (χ2v) is 6.38. The summed E-state index contributed by atoms with van der Waals surface area (Å²) in [6.07, 6.45) is 3.10. The fraction of sp³-hybridized carbons (Fsp3) is 0.118. The van der Waals surface area contributed by atoms with Crippen molar-refractivity contribution in [1.29, 1.82) is 0 Å². The Morgan fingerprint density at radius 1 is 1.31 bits per heavy atom. The highest BCUT2D eigenvalue weighted by Gasteiger charge is 2.11. The maximum atomic E-state index is 6.21. The fourth-order valence-electron chi connectivity index (χ4n) is 2.19. The van der Waals surface area contributed by atoms with Crippen molar-refractivity contribution in [1.82, 2.24) is 14.9 Å². The average molecular weight is 409 g/mol. The van der Waals surface area contributed by atoms with Crippen molar-refractivity contribution in [3.8, 4) is 11.5 Å². The molecule has 0 spiro atoms. The molecular formula is C17H14Cl2N4O2S. The van der Waals surface area contributed by atoms with Gasteiger partial charge in [-0.15, -0.1) is 0 Å². The largest absolute Gasteiger partial charge is 0.493 e. The van der Waals surface area contributed by atoms with Crippen molar-refractivity contribution in [2.75, 3.05) is 7.11 Å². The molecule has 0 atom stereocenters. The summed E-state index contributed by atoms with van der Waals surface area (Å²) >= 11 is 17.2. The Hall–Kier alpha value is -2.35. The van der Waals surface area contributed by atoms with Crippen molar-refractivity contribution >= 4 is 41.6 Å². The predicted molar refractivity (Wildman–Crippen MR) is 104 cm³/mol. The highest BCUT2D eigenvalue weighted by molar-refractivity contribution is 7.71. The van der Waals surface area contributed by atoms with Crippen molar-refractivity contribution in [2.45, 2.75) is 6.61 Å². The number of rotatable bonds is 6. The Kier molecular flexibility index (Phi) is 5.92. The smallest absolute Gasteiger partial charge is 0.216 e. The number of ether oxygens (including phenoxy) is 2. The van der Waals surface area contributed by atoms with Gasteiger partial charge in [-0.2, -0.15) is 14.9 Å². The van der Waals surface area contributed by atoms with Crippen LogP contribution in [0.25, 0.3) is 0 Å². The third-order valence-corrected chi connectivity index (χ3v) is 4.34. The molecule has 6 nitrogen and oxygen atoms in total. The van der Waals surface area contributed by atoms with E-state index in [0.29, 0.717) is 26.3 Å². The van der Waals surface area contributed by atoms with Gasteiger partial charge in [0.05, 0.1) is 13.3 Å². The number of H-pyrrole nitrogens is 1. The van der Waals surface area contributed by atoms with Crippen LogP contribution in [0.1, 0.15) is 11.1 Å². The minimum absolute atomic E-state index is 0.252. The molecule has 3 rings (SSSR count). The molecule has 0 saturated carbocycles. The molecule has 0 aliphatic rings. The van der Waals surface area contributed by atoms with Gasteiger partial charge in [0.25, 0.3) is 0 Å². The highest BCUT2D eigenvalue weighted by atomic mass is 35.5. The van der Waals surface area contributed by atoms with E-state index < -0.39 is 0 Å². The van der Waals surface area contributed by atoms with Crippen LogP contribution in [-0.4, -0.2) is 28.2 Å². The lowest BCUT2D eigenvalue weighted by atomic mass is 10.2. The fourth-order valence-corrected chi connectivity index (χ4v) is 2.80. The Labute approximate surface area is 165 Å². The molecule has 1 aromatic heterocycles. The van der Waals surface area contributed by atoms with Crippen LogP contribution < -0.4 is 9.47 Å². The van der Waals surface area contributed by atoms with Crippen molar-refractivity contribution in [2.24, 2.45) is 5.10 Å². The summed E-state index contributed by atoms with van der Waals surface area (Å²) in [6, 6.07) is 10.8. The predicted octanol–water partition coefficient (Wildman–Crippen LogP) is 4.72. The first-order valence-corrected chi connectivity index (χ1v) is 8.65. The van der Waals surface area contributed by atoms with Crippen LogP contribution in [0.15, 0.2) is 47.8 Å².